The van der Waals surface area contributed by atoms with Crippen LogP contribution in [0, 0.1) is 5.92 Å². The van der Waals surface area contributed by atoms with E-state index in [-0.39, 0.29) is 30.9 Å². The second-order valence-corrected chi connectivity index (χ2v) is 5.46. The van der Waals surface area contributed by atoms with Gasteiger partial charge in [0.15, 0.2) is 5.78 Å². The molecule has 21 heavy (non-hydrogen) atoms. The summed E-state index contributed by atoms with van der Waals surface area (Å²) in [7, 11) is 0. The number of carboxylic acid groups (broad SMARTS) is 1. The van der Waals surface area contributed by atoms with E-state index < -0.39 is 11.9 Å². The molecule has 1 aliphatic carbocycles. The fraction of sp³-hybridized carbons (Fsp3) is 0.769. The number of carboxylic acids is 1. The van der Waals surface area contributed by atoms with E-state index in [4.69, 9.17) is 9.84 Å². The average molecular weight is 296 g/mol. The second kappa shape index (κ2) is 7.14. The lowest BCUT2D eigenvalue weighted by Crippen LogP contribution is -2.25. The number of ether oxygens (including phenoxy) is 1. The van der Waals surface area contributed by atoms with Gasteiger partial charge in [0.25, 0.3) is 0 Å². The van der Waals surface area contributed by atoms with Gasteiger partial charge in [0.05, 0.1) is 6.42 Å². The highest BCUT2D eigenvalue weighted by Gasteiger charge is 2.22. The summed E-state index contributed by atoms with van der Waals surface area (Å²) in [6.45, 7) is 1.52. The minimum Gasteiger partial charge on any atom is -0.481 e. The summed E-state index contributed by atoms with van der Waals surface area (Å²) < 4.78 is 7.05. The summed E-state index contributed by atoms with van der Waals surface area (Å²) in [6, 6.07) is 0.234. The molecule has 1 aromatic rings. The molecule has 1 N–H and O–H groups in total. The number of carbonyl (C=O) groups excluding carboxylic acids is 1. The normalized spacial score (nSPS) is 17.4. The van der Waals surface area contributed by atoms with E-state index >= 15 is 0 Å². The van der Waals surface area contributed by atoms with E-state index in [1.165, 1.54) is 11.1 Å². The van der Waals surface area contributed by atoms with Crippen molar-refractivity contribution in [3.05, 3.63) is 0 Å². The minimum absolute atomic E-state index is 0.0660. The Balaban J connectivity index is 1.93. The topological polar surface area (TPSA) is 107 Å². The molecular formula is C13H20N4O4. The number of ketones is 1. The van der Waals surface area contributed by atoms with Crippen molar-refractivity contribution < 1.29 is 19.4 Å². The van der Waals surface area contributed by atoms with Crippen LogP contribution in [0.25, 0.3) is 0 Å². The van der Waals surface area contributed by atoms with Crippen molar-refractivity contribution in [2.45, 2.75) is 58.1 Å². The number of aromatic nitrogens is 4. The second-order valence-electron chi connectivity index (χ2n) is 5.46. The molecule has 0 spiro atoms. The van der Waals surface area contributed by atoms with Gasteiger partial charge >= 0.3 is 12.0 Å². The predicted molar refractivity (Wildman–Crippen MR) is 71.7 cm³/mol. The smallest absolute Gasteiger partial charge is 0.336 e. The summed E-state index contributed by atoms with van der Waals surface area (Å²) in [5.74, 6) is -1.79. The molecule has 1 aromatic heterocycles. The van der Waals surface area contributed by atoms with Crippen LogP contribution in [0.2, 0.25) is 0 Å². The van der Waals surface area contributed by atoms with Crippen molar-refractivity contribution in [1.82, 2.24) is 20.2 Å². The number of carbonyl (C=O) groups is 2. The van der Waals surface area contributed by atoms with E-state index in [0.717, 1.165) is 25.7 Å². The molecule has 0 radical (unpaired) electrons. The molecule has 1 fully saturated rings. The Bertz CT molecular complexity index is 496. The third-order valence-corrected chi connectivity index (χ3v) is 3.66. The molecule has 116 valence electrons. The zero-order chi connectivity index (χ0) is 15.2. The van der Waals surface area contributed by atoms with Crippen molar-refractivity contribution in [3.8, 4) is 6.01 Å². The zero-order valence-corrected chi connectivity index (χ0v) is 12.1. The molecule has 0 aromatic carbocycles. The van der Waals surface area contributed by atoms with E-state index in [0.29, 0.717) is 0 Å². The fourth-order valence-corrected chi connectivity index (χ4v) is 2.39. The highest BCUT2D eigenvalue weighted by molar-refractivity contribution is 5.84. The summed E-state index contributed by atoms with van der Waals surface area (Å²) in [5, 5.41) is 19.8. The molecule has 8 heteroatoms. The monoisotopic (exact) mass is 296 g/mol. The number of hydrogen-bond donors (Lipinski definition) is 1. The van der Waals surface area contributed by atoms with E-state index in [2.05, 4.69) is 15.5 Å². The Morgan fingerprint density at radius 1 is 1.38 bits per heavy atom. The van der Waals surface area contributed by atoms with E-state index in [9.17, 15) is 9.59 Å². The van der Waals surface area contributed by atoms with Crippen LogP contribution in [-0.2, 0) is 16.1 Å². The molecule has 1 heterocycles. The molecule has 1 unspecified atom stereocenters. The lowest BCUT2D eigenvalue weighted by Gasteiger charge is -2.21. The van der Waals surface area contributed by atoms with Gasteiger partial charge in [0.2, 0.25) is 0 Å². The van der Waals surface area contributed by atoms with Crippen LogP contribution < -0.4 is 4.74 Å². The molecule has 0 bridgehead atoms. The van der Waals surface area contributed by atoms with Crippen LogP contribution in [0.4, 0.5) is 0 Å². The third kappa shape index (κ3) is 4.51. The van der Waals surface area contributed by atoms with Gasteiger partial charge < -0.3 is 9.84 Å². The Kier molecular flexibility index (Phi) is 5.24. The van der Waals surface area contributed by atoms with Gasteiger partial charge in [-0.05, 0) is 36.1 Å². The number of aliphatic carboxylic acids is 1. The van der Waals surface area contributed by atoms with Crippen LogP contribution in [0.5, 0.6) is 6.01 Å². The predicted octanol–water partition coefficient (Wildman–Crippen LogP) is 1.06. The zero-order valence-electron chi connectivity index (χ0n) is 12.1. The number of hydrogen-bond acceptors (Lipinski definition) is 6. The number of nitrogens with zero attached hydrogens (tertiary/aromatic N) is 4. The molecule has 2 rings (SSSR count). The molecule has 0 amide bonds. The number of tetrazole rings is 1. The molecule has 1 atom stereocenters. The van der Waals surface area contributed by atoms with E-state index in [1.54, 1.807) is 6.92 Å². The number of Topliss-reactive ketones (excluding diaryl/α,β-unsaturated/α-hetero) is 1. The van der Waals surface area contributed by atoms with Gasteiger partial charge in [-0.2, -0.15) is 4.68 Å². The molecule has 8 nitrogen and oxygen atoms in total. The molecule has 0 saturated heterocycles. The molecule has 0 aliphatic heterocycles. The lowest BCUT2D eigenvalue weighted by molar-refractivity contribution is -0.140. The van der Waals surface area contributed by atoms with E-state index in [1.807, 2.05) is 0 Å². The third-order valence-electron chi connectivity index (χ3n) is 3.66. The first-order valence-corrected chi connectivity index (χ1v) is 7.23. The Morgan fingerprint density at radius 2 is 2.10 bits per heavy atom. The van der Waals surface area contributed by atoms with Crippen LogP contribution in [0.1, 0.15) is 45.4 Å². The Hall–Kier alpha value is -1.99. The van der Waals surface area contributed by atoms with Crippen LogP contribution >= 0.6 is 0 Å². The summed E-state index contributed by atoms with van der Waals surface area (Å²) >= 11 is 0. The van der Waals surface area contributed by atoms with Gasteiger partial charge in [-0.3, -0.25) is 9.59 Å². The Labute approximate surface area is 122 Å². The van der Waals surface area contributed by atoms with Crippen molar-refractivity contribution >= 4 is 11.8 Å². The van der Waals surface area contributed by atoms with Gasteiger partial charge in [0.1, 0.15) is 12.6 Å². The quantitative estimate of drug-likeness (QED) is 0.801. The Morgan fingerprint density at radius 3 is 2.76 bits per heavy atom. The molecule has 1 saturated carbocycles. The largest absolute Gasteiger partial charge is 0.481 e. The van der Waals surface area contributed by atoms with Crippen LogP contribution in [-0.4, -0.2) is 43.2 Å². The van der Waals surface area contributed by atoms with Crippen molar-refractivity contribution in [3.63, 3.8) is 0 Å². The number of rotatable bonds is 7. The summed E-state index contributed by atoms with van der Waals surface area (Å²) in [4.78, 5) is 22.6. The van der Waals surface area contributed by atoms with Gasteiger partial charge in [0, 0.05) is 5.92 Å². The van der Waals surface area contributed by atoms with Crippen molar-refractivity contribution in [2.24, 2.45) is 5.92 Å². The molecule has 1 aliphatic rings. The first-order valence-electron chi connectivity index (χ1n) is 7.23. The van der Waals surface area contributed by atoms with Gasteiger partial charge in [-0.25, -0.2) is 0 Å². The summed E-state index contributed by atoms with van der Waals surface area (Å²) in [6.07, 6.45) is 5.30. The average Bonchev–Trinajstić information content (AvgIpc) is 2.86. The summed E-state index contributed by atoms with van der Waals surface area (Å²) in [5.41, 5.74) is 0. The molecular weight excluding hydrogens is 276 g/mol. The maximum Gasteiger partial charge on any atom is 0.336 e. The van der Waals surface area contributed by atoms with Crippen LogP contribution in [0.3, 0.4) is 0 Å². The van der Waals surface area contributed by atoms with Gasteiger partial charge in [-0.1, -0.05) is 18.4 Å². The van der Waals surface area contributed by atoms with Gasteiger partial charge in [-0.15, -0.1) is 0 Å². The highest BCUT2D eigenvalue weighted by Crippen LogP contribution is 2.21. The first kappa shape index (κ1) is 15.4. The van der Waals surface area contributed by atoms with Crippen molar-refractivity contribution in [1.29, 1.82) is 0 Å². The maximum atomic E-state index is 12.0. The van der Waals surface area contributed by atoms with Crippen molar-refractivity contribution in [2.75, 3.05) is 0 Å². The van der Waals surface area contributed by atoms with Crippen LogP contribution in [0.15, 0.2) is 0 Å². The first-order chi connectivity index (χ1) is 10.1. The minimum atomic E-state index is -0.994. The standard InChI is InChI=1S/C13H20N4O4/c1-9(7-12(19)20)11(18)8-17-13(14-15-16-17)21-10-5-3-2-4-6-10/h9-10H,2-8H2,1H3,(H,19,20). The fourth-order valence-electron chi connectivity index (χ4n) is 2.39. The lowest BCUT2D eigenvalue weighted by atomic mass is 9.98. The highest BCUT2D eigenvalue weighted by atomic mass is 16.5. The SMILES string of the molecule is CC(CC(=O)O)C(=O)Cn1nnnc1OC1CCCCC1. The maximum absolute atomic E-state index is 12.0.